The summed E-state index contributed by atoms with van der Waals surface area (Å²) in [6.07, 6.45) is 6.64. The van der Waals surface area contributed by atoms with Gasteiger partial charge in [-0.2, -0.15) is 0 Å². The van der Waals surface area contributed by atoms with E-state index in [0.717, 1.165) is 47.8 Å². The van der Waals surface area contributed by atoms with Crippen molar-refractivity contribution in [2.24, 2.45) is 18.9 Å². The minimum atomic E-state index is -0.126. The Hall–Kier alpha value is -1.59. The van der Waals surface area contributed by atoms with E-state index < -0.39 is 0 Å². The van der Waals surface area contributed by atoms with Crippen molar-refractivity contribution >= 4 is 40.0 Å². The van der Waals surface area contributed by atoms with E-state index in [4.69, 9.17) is 23.2 Å². The van der Waals surface area contributed by atoms with Crippen molar-refractivity contribution < 1.29 is 4.79 Å². The predicted octanol–water partition coefficient (Wildman–Crippen LogP) is 4.65. The Morgan fingerprint density at radius 1 is 1.13 bits per heavy atom. The number of rotatable bonds is 3. The van der Waals surface area contributed by atoms with Crippen LogP contribution in [0.15, 0.2) is 23.1 Å². The van der Waals surface area contributed by atoms with E-state index in [1.54, 1.807) is 4.57 Å². The maximum atomic E-state index is 13.2. The zero-order chi connectivity index (χ0) is 22.3. The summed E-state index contributed by atoms with van der Waals surface area (Å²) in [6, 6.07) is 4.02. The summed E-state index contributed by atoms with van der Waals surface area (Å²) < 4.78 is 1.73. The van der Waals surface area contributed by atoms with Gasteiger partial charge in [0.1, 0.15) is 0 Å². The second kappa shape index (κ2) is 9.11. The molecule has 2 fully saturated rings. The van der Waals surface area contributed by atoms with Gasteiger partial charge in [-0.05, 0) is 69.4 Å². The van der Waals surface area contributed by atoms with Crippen LogP contribution in [0.4, 0.5) is 0 Å². The predicted molar refractivity (Wildman–Crippen MR) is 126 cm³/mol. The van der Waals surface area contributed by atoms with Crippen LogP contribution in [0.2, 0.25) is 0 Å². The van der Waals surface area contributed by atoms with Gasteiger partial charge in [-0.15, -0.1) is 23.2 Å². The molecule has 0 bridgehead atoms. The summed E-state index contributed by atoms with van der Waals surface area (Å²) in [6.45, 7) is 4.14. The third-order valence-corrected chi connectivity index (χ3v) is 7.89. The number of hydrogen-bond acceptors (Lipinski definition) is 3. The number of carbonyl (C=O) groups excluding carboxylic acids is 1. The largest absolute Gasteiger partial charge is 0.353 e. The maximum absolute atomic E-state index is 13.2. The Morgan fingerprint density at radius 2 is 1.84 bits per heavy atom. The number of aryl methyl sites for hydroxylation is 2. The first-order chi connectivity index (χ1) is 14.7. The van der Waals surface area contributed by atoms with Crippen LogP contribution in [0.3, 0.4) is 0 Å². The van der Waals surface area contributed by atoms with Crippen LogP contribution in [0.1, 0.15) is 62.6 Å². The number of halogens is 2. The molecule has 5 unspecified atom stereocenters. The number of nitrogens with zero attached hydrogens (tertiary/aromatic N) is 2. The average Bonchev–Trinajstić information content (AvgIpc) is 2.72. The number of aromatic nitrogens is 2. The lowest BCUT2D eigenvalue weighted by Crippen LogP contribution is -2.45. The number of alkyl halides is 2. The van der Waals surface area contributed by atoms with Crippen LogP contribution < -0.4 is 10.9 Å². The standard InChI is InChI=1S/C24H31Cl2N3O2/c1-13-4-5-19(28-23(30)15-7-17(25)10-18(26)8-15)11-20(13)21-9-16-12-27-14(2)6-22(16)29(3)24(21)31/h6,9,12-13,15,17-20H,4-5,7-8,10-11H2,1-3H3,(H,28,30). The lowest BCUT2D eigenvalue weighted by atomic mass is 9.74. The third kappa shape index (κ3) is 4.78. The van der Waals surface area contributed by atoms with Gasteiger partial charge in [0.2, 0.25) is 5.91 Å². The molecule has 0 aliphatic heterocycles. The lowest BCUT2D eigenvalue weighted by molar-refractivity contribution is -0.126. The Kier molecular flexibility index (Phi) is 6.64. The van der Waals surface area contributed by atoms with E-state index in [2.05, 4.69) is 17.2 Å². The molecule has 0 saturated heterocycles. The Morgan fingerprint density at radius 3 is 2.55 bits per heavy atom. The van der Waals surface area contributed by atoms with Gasteiger partial charge in [0, 0.05) is 52.6 Å². The molecule has 168 valence electrons. The summed E-state index contributed by atoms with van der Waals surface area (Å²) >= 11 is 12.6. The first-order valence-corrected chi connectivity index (χ1v) is 12.1. The SMILES string of the molecule is Cc1cc2c(cn1)cc(C1CC(NC(=O)C3CC(Cl)CC(Cl)C3)CCC1C)c(=O)n2C. The topological polar surface area (TPSA) is 64.0 Å². The van der Waals surface area contributed by atoms with Crippen molar-refractivity contribution in [1.82, 2.24) is 14.9 Å². The molecule has 7 heteroatoms. The first-order valence-electron chi connectivity index (χ1n) is 11.3. The molecule has 0 spiro atoms. The van der Waals surface area contributed by atoms with E-state index >= 15 is 0 Å². The molecule has 2 aromatic heterocycles. The van der Waals surface area contributed by atoms with Crippen LogP contribution in [0, 0.1) is 18.8 Å². The molecule has 31 heavy (non-hydrogen) atoms. The second-order valence-corrected chi connectivity index (χ2v) is 10.8. The molecule has 1 N–H and O–H groups in total. The third-order valence-electron chi connectivity index (χ3n) is 7.18. The molecule has 5 atom stereocenters. The van der Waals surface area contributed by atoms with Gasteiger partial charge in [0.15, 0.2) is 0 Å². The van der Waals surface area contributed by atoms with Gasteiger partial charge in [-0.25, -0.2) is 0 Å². The first kappa shape index (κ1) is 22.6. The van der Waals surface area contributed by atoms with Gasteiger partial charge in [-0.3, -0.25) is 14.6 Å². The van der Waals surface area contributed by atoms with Crippen molar-refractivity contribution in [3.05, 3.63) is 39.9 Å². The van der Waals surface area contributed by atoms with Crippen LogP contribution in [-0.4, -0.2) is 32.3 Å². The molecule has 2 aromatic rings. The van der Waals surface area contributed by atoms with Crippen LogP contribution in [0.5, 0.6) is 0 Å². The molecule has 0 radical (unpaired) electrons. The van der Waals surface area contributed by atoms with Crippen molar-refractivity contribution in [1.29, 1.82) is 0 Å². The number of carbonyl (C=O) groups is 1. The highest BCUT2D eigenvalue weighted by Crippen LogP contribution is 2.38. The van der Waals surface area contributed by atoms with E-state index in [9.17, 15) is 9.59 Å². The summed E-state index contributed by atoms with van der Waals surface area (Å²) in [5.74, 6) is 0.419. The van der Waals surface area contributed by atoms with Gasteiger partial charge >= 0.3 is 0 Å². The highest BCUT2D eigenvalue weighted by molar-refractivity contribution is 6.24. The fraction of sp³-hybridized carbons (Fsp3) is 0.625. The quantitative estimate of drug-likeness (QED) is 0.673. The van der Waals surface area contributed by atoms with Crippen LogP contribution in [0.25, 0.3) is 10.9 Å². The zero-order valence-corrected chi connectivity index (χ0v) is 19.9. The molecule has 2 heterocycles. The highest BCUT2D eigenvalue weighted by atomic mass is 35.5. The minimum Gasteiger partial charge on any atom is -0.353 e. The van der Waals surface area contributed by atoms with E-state index in [0.29, 0.717) is 18.8 Å². The lowest BCUT2D eigenvalue weighted by Gasteiger charge is -2.36. The minimum absolute atomic E-state index is 0.0380. The molecule has 5 nitrogen and oxygen atoms in total. The number of hydrogen-bond donors (Lipinski definition) is 1. The van der Waals surface area contributed by atoms with Crippen LogP contribution >= 0.6 is 23.2 Å². The number of nitrogens with one attached hydrogen (secondary N) is 1. The molecule has 1 amide bonds. The summed E-state index contributed by atoms with van der Waals surface area (Å²) in [5, 5.41) is 4.15. The van der Waals surface area contributed by atoms with Gasteiger partial charge in [-0.1, -0.05) is 6.92 Å². The van der Waals surface area contributed by atoms with E-state index in [1.807, 2.05) is 32.3 Å². The summed E-state index contributed by atoms with van der Waals surface area (Å²) in [4.78, 5) is 30.5. The molecule has 2 aliphatic rings. The maximum Gasteiger partial charge on any atom is 0.254 e. The molecule has 4 rings (SSSR count). The van der Waals surface area contributed by atoms with Crippen molar-refractivity contribution in [2.45, 2.75) is 75.1 Å². The second-order valence-electron chi connectivity index (χ2n) is 9.55. The van der Waals surface area contributed by atoms with E-state index in [-0.39, 0.29) is 40.1 Å². The van der Waals surface area contributed by atoms with Gasteiger partial charge in [0.05, 0.1) is 5.52 Å². The highest BCUT2D eigenvalue weighted by Gasteiger charge is 2.35. The Bertz CT molecular complexity index is 1030. The average molecular weight is 464 g/mol. The smallest absolute Gasteiger partial charge is 0.254 e. The Labute approximate surface area is 193 Å². The number of amides is 1. The van der Waals surface area contributed by atoms with Crippen molar-refractivity contribution in [2.75, 3.05) is 0 Å². The molecule has 2 saturated carbocycles. The zero-order valence-electron chi connectivity index (χ0n) is 18.4. The van der Waals surface area contributed by atoms with Gasteiger partial charge < -0.3 is 9.88 Å². The number of pyridine rings is 2. The fourth-order valence-electron chi connectivity index (χ4n) is 5.36. The normalized spacial score (nSPS) is 31.5. The number of fused-ring (bicyclic) bond motifs is 1. The van der Waals surface area contributed by atoms with E-state index in [1.165, 1.54) is 0 Å². The molecule has 0 aromatic carbocycles. The fourth-order valence-corrected chi connectivity index (χ4v) is 6.31. The van der Waals surface area contributed by atoms with Gasteiger partial charge in [0.25, 0.3) is 5.56 Å². The van der Waals surface area contributed by atoms with Crippen molar-refractivity contribution in [3.8, 4) is 0 Å². The van der Waals surface area contributed by atoms with Crippen molar-refractivity contribution in [3.63, 3.8) is 0 Å². The molecular formula is C24H31Cl2N3O2. The summed E-state index contributed by atoms with van der Waals surface area (Å²) in [5.41, 5.74) is 2.67. The summed E-state index contributed by atoms with van der Waals surface area (Å²) in [7, 11) is 1.83. The molecular weight excluding hydrogens is 433 g/mol. The van der Waals surface area contributed by atoms with Crippen LogP contribution in [-0.2, 0) is 11.8 Å². The Balaban J connectivity index is 1.54. The monoisotopic (exact) mass is 463 g/mol. The molecule has 2 aliphatic carbocycles.